The monoisotopic (exact) mass is 364 g/mol. The van der Waals surface area contributed by atoms with Gasteiger partial charge in [-0.05, 0) is 42.1 Å². The highest BCUT2D eigenvalue weighted by molar-refractivity contribution is 9.10. The Morgan fingerprint density at radius 3 is 2.80 bits per heavy atom. The van der Waals surface area contributed by atoms with Crippen LogP contribution in [0.4, 0.5) is 0 Å². The third kappa shape index (κ3) is 4.31. The van der Waals surface area contributed by atoms with Gasteiger partial charge in [-0.1, -0.05) is 13.3 Å². The van der Waals surface area contributed by atoms with E-state index in [1.54, 1.807) is 6.07 Å². The molecule has 1 aliphatic carbocycles. The summed E-state index contributed by atoms with van der Waals surface area (Å²) in [4.78, 5) is 0.174. The fourth-order valence-electron chi connectivity index (χ4n) is 2.02. The van der Waals surface area contributed by atoms with Crippen molar-refractivity contribution in [2.45, 2.75) is 63.1 Å². The van der Waals surface area contributed by atoms with Gasteiger partial charge in [0.2, 0.25) is 10.0 Å². The highest BCUT2D eigenvalue weighted by atomic mass is 79.9. The van der Waals surface area contributed by atoms with Crippen molar-refractivity contribution >= 4 is 26.0 Å². The largest absolute Gasteiger partial charge is 0.452 e. The first-order valence-corrected chi connectivity index (χ1v) is 9.24. The van der Waals surface area contributed by atoms with Gasteiger partial charge in [0.05, 0.1) is 6.54 Å². The lowest BCUT2D eigenvalue weighted by molar-refractivity contribution is 0.459. The second kappa shape index (κ2) is 6.60. The summed E-state index contributed by atoms with van der Waals surface area (Å²) in [6.45, 7) is 4.45. The van der Waals surface area contributed by atoms with Gasteiger partial charge in [-0.15, -0.1) is 0 Å². The van der Waals surface area contributed by atoms with Crippen LogP contribution in [0, 0.1) is 0 Å². The van der Waals surface area contributed by atoms with Gasteiger partial charge in [0.25, 0.3) is 0 Å². The molecule has 0 spiro atoms. The van der Waals surface area contributed by atoms with E-state index in [9.17, 15) is 8.42 Å². The van der Waals surface area contributed by atoms with Gasteiger partial charge >= 0.3 is 0 Å². The molecule has 0 amide bonds. The number of hydrogen-bond acceptors (Lipinski definition) is 4. The maximum atomic E-state index is 12.3. The normalized spacial score (nSPS) is 17.4. The average Bonchev–Trinajstić information content (AvgIpc) is 3.09. The van der Waals surface area contributed by atoms with E-state index in [4.69, 9.17) is 4.42 Å². The minimum atomic E-state index is -3.53. The van der Waals surface area contributed by atoms with Crippen LogP contribution in [-0.2, 0) is 16.6 Å². The van der Waals surface area contributed by atoms with Gasteiger partial charge in [0.15, 0.2) is 4.67 Å². The van der Waals surface area contributed by atoms with Crippen molar-refractivity contribution in [3.8, 4) is 0 Å². The molecule has 1 heterocycles. The third-order valence-electron chi connectivity index (χ3n) is 3.22. The molecule has 1 aromatic heterocycles. The molecule has 2 rings (SSSR count). The molecule has 5 nitrogen and oxygen atoms in total. The smallest absolute Gasteiger partial charge is 0.245 e. The first-order valence-electron chi connectivity index (χ1n) is 6.96. The quantitative estimate of drug-likeness (QED) is 0.743. The van der Waals surface area contributed by atoms with E-state index in [-0.39, 0.29) is 15.6 Å². The van der Waals surface area contributed by atoms with E-state index in [1.807, 2.05) is 13.8 Å². The lowest BCUT2D eigenvalue weighted by Gasteiger charge is -2.12. The average molecular weight is 365 g/mol. The van der Waals surface area contributed by atoms with Crippen molar-refractivity contribution in [2.24, 2.45) is 0 Å². The van der Waals surface area contributed by atoms with Gasteiger partial charge in [-0.25, -0.2) is 13.1 Å². The molecule has 7 heteroatoms. The molecule has 1 aliphatic rings. The molecule has 114 valence electrons. The topological polar surface area (TPSA) is 71.3 Å². The zero-order valence-corrected chi connectivity index (χ0v) is 14.2. The van der Waals surface area contributed by atoms with E-state index in [2.05, 4.69) is 26.0 Å². The van der Waals surface area contributed by atoms with Crippen molar-refractivity contribution < 1.29 is 12.8 Å². The zero-order valence-electron chi connectivity index (χ0n) is 11.8. The lowest BCUT2D eigenvalue weighted by Crippen LogP contribution is -2.32. The van der Waals surface area contributed by atoms with Crippen LogP contribution in [0.15, 0.2) is 20.0 Å². The van der Waals surface area contributed by atoms with Crippen molar-refractivity contribution in [1.82, 2.24) is 10.0 Å². The Morgan fingerprint density at radius 2 is 2.20 bits per heavy atom. The Morgan fingerprint density at radius 1 is 1.50 bits per heavy atom. The maximum Gasteiger partial charge on any atom is 0.245 e. The van der Waals surface area contributed by atoms with Crippen LogP contribution in [0.5, 0.6) is 0 Å². The summed E-state index contributed by atoms with van der Waals surface area (Å²) >= 11 is 3.19. The van der Waals surface area contributed by atoms with Gasteiger partial charge in [0, 0.05) is 18.2 Å². The van der Waals surface area contributed by atoms with E-state index >= 15 is 0 Å². The van der Waals surface area contributed by atoms with Gasteiger partial charge in [-0.2, -0.15) is 0 Å². The summed E-state index contributed by atoms with van der Waals surface area (Å²) in [7, 11) is -3.53. The van der Waals surface area contributed by atoms with Crippen LogP contribution < -0.4 is 10.0 Å². The first-order chi connectivity index (χ1) is 9.42. The van der Waals surface area contributed by atoms with Crippen molar-refractivity contribution in [3.63, 3.8) is 0 Å². The highest BCUT2D eigenvalue weighted by Gasteiger charge is 2.25. The Balaban J connectivity index is 2.05. The summed E-state index contributed by atoms with van der Waals surface area (Å²) in [5.74, 6) is 0.632. The Bertz CT molecular complexity index is 552. The molecule has 2 N–H and O–H groups in total. The molecule has 1 unspecified atom stereocenters. The predicted octanol–water partition coefficient (Wildman–Crippen LogP) is 2.76. The van der Waals surface area contributed by atoms with Gasteiger partial charge < -0.3 is 9.73 Å². The molecule has 0 radical (unpaired) electrons. The molecule has 0 aromatic carbocycles. The van der Waals surface area contributed by atoms with Crippen LogP contribution in [0.3, 0.4) is 0 Å². The SMILES string of the molecule is CCCC(C)NS(=O)(=O)c1cc(CNC2CC2)oc1Br. The van der Waals surface area contributed by atoms with Crippen LogP contribution >= 0.6 is 15.9 Å². The van der Waals surface area contributed by atoms with Crippen molar-refractivity contribution in [3.05, 3.63) is 16.5 Å². The van der Waals surface area contributed by atoms with Gasteiger partial charge in [0.1, 0.15) is 10.7 Å². The number of sulfonamides is 1. The summed E-state index contributed by atoms with van der Waals surface area (Å²) < 4.78 is 32.9. The molecular formula is C13H21BrN2O3S. The number of nitrogens with one attached hydrogen (secondary N) is 2. The van der Waals surface area contributed by atoms with Gasteiger partial charge in [-0.3, -0.25) is 0 Å². The lowest BCUT2D eigenvalue weighted by atomic mass is 10.2. The summed E-state index contributed by atoms with van der Waals surface area (Å²) in [5, 5.41) is 3.30. The number of hydrogen-bond donors (Lipinski definition) is 2. The van der Waals surface area contributed by atoms with E-state index < -0.39 is 10.0 Å². The molecular weight excluding hydrogens is 344 g/mol. The first kappa shape index (κ1) is 16.0. The Kier molecular flexibility index (Phi) is 5.28. The van der Waals surface area contributed by atoms with Crippen molar-refractivity contribution in [2.75, 3.05) is 0 Å². The Labute approximate surface area is 128 Å². The predicted molar refractivity (Wildman–Crippen MR) is 81.0 cm³/mol. The maximum absolute atomic E-state index is 12.3. The number of halogens is 1. The second-order valence-corrected chi connectivity index (χ2v) is 7.72. The van der Waals surface area contributed by atoms with E-state index in [0.29, 0.717) is 18.3 Å². The molecule has 1 atom stereocenters. The molecule has 0 aliphatic heterocycles. The number of furan rings is 1. The summed E-state index contributed by atoms with van der Waals surface area (Å²) in [6, 6.07) is 2.06. The summed E-state index contributed by atoms with van der Waals surface area (Å²) in [6.07, 6.45) is 4.11. The molecule has 0 bridgehead atoms. The van der Waals surface area contributed by atoms with Crippen LogP contribution in [0.2, 0.25) is 0 Å². The van der Waals surface area contributed by atoms with Crippen LogP contribution in [-0.4, -0.2) is 20.5 Å². The van der Waals surface area contributed by atoms with E-state index in [1.165, 1.54) is 12.8 Å². The molecule has 20 heavy (non-hydrogen) atoms. The fraction of sp³-hybridized carbons (Fsp3) is 0.692. The number of rotatable bonds is 8. The zero-order chi connectivity index (χ0) is 14.8. The summed E-state index contributed by atoms with van der Waals surface area (Å²) in [5.41, 5.74) is 0. The molecule has 1 aromatic rings. The minimum Gasteiger partial charge on any atom is -0.452 e. The molecule has 1 fully saturated rings. The highest BCUT2D eigenvalue weighted by Crippen LogP contribution is 2.27. The molecule has 1 saturated carbocycles. The fourth-order valence-corrected chi connectivity index (χ4v) is 4.30. The Hall–Kier alpha value is -0.370. The van der Waals surface area contributed by atoms with Crippen LogP contribution in [0.1, 0.15) is 45.3 Å². The standard InChI is InChI=1S/C13H21BrN2O3S/c1-3-4-9(2)16-20(17,18)12-7-11(19-13(12)14)8-15-10-5-6-10/h7,9-10,15-16H,3-6,8H2,1-2H3. The molecule has 0 saturated heterocycles. The van der Waals surface area contributed by atoms with Crippen LogP contribution in [0.25, 0.3) is 0 Å². The minimum absolute atomic E-state index is 0.0835. The van der Waals surface area contributed by atoms with Crippen molar-refractivity contribution in [1.29, 1.82) is 0 Å². The second-order valence-electron chi connectivity index (χ2n) is 5.32. The van der Waals surface area contributed by atoms with E-state index in [0.717, 1.165) is 12.8 Å². The third-order valence-corrected chi connectivity index (χ3v) is 5.66.